The molecule has 0 bridgehead atoms. The van der Waals surface area contributed by atoms with Gasteiger partial charge in [0.15, 0.2) is 0 Å². The molecule has 2 atom stereocenters. The lowest BCUT2D eigenvalue weighted by Gasteiger charge is -2.20. The zero-order valence-electron chi connectivity index (χ0n) is 14.3. The first-order valence-electron chi connectivity index (χ1n) is 8.43. The van der Waals surface area contributed by atoms with Gasteiger partial charge in [0.25, 0.3) is 0 Å². The van der Waals surface area contributed by atoms with Crippen LogP contribution in [0.15, 0.2) is 36.7 Å². The predicted octanol–water partition coefficient (Wildman–Crippen LogP) is 1.72. The first-order chi connectivity index (χ1) is 12.1. The lowest BCUT2D eigenvalue weighted by Crippen LogP contribution is -2.39. The number of amides is 1. The van der Waals surface area contributed by atoms with Gasteiger partial charge in [-0.15, -0.1) is 0 Å². The molecule has 1 N–H and O–H groups in total. The van der Waals surface area contributed by atoms with E-state index in [1.807, 2.05) is 53.6 Å². The number of nitrogens with zero attached hydrogens (tertiary/aromatic N) is 4. The van der Waals surface area contributed by atoms with Gasteiger partial charge in [-0.2, -0.15) is 0 Å². The highest BCUT2D eigenvalue weighted by molar-refractivity contribution is 5.81. The van der Waals surface area contributed by atoms with Crippen LogP contribution in [0.4, 0.5) is 0 Å². The van der Waals surface area contributed by atoms with Crippen molar-refractivity contribution in [3.8, 4) is 0 Å². The number of aromatic nitrogens is 4. The van der Waals surface area contributed by atoms with Crippen molar-refractivity contribution in [2.75, 3.05) is 6.61 Å². The molecule has 1 aromatic carbocycles. The number of ether oxygens (including phenoxy) is 1. The maximum absolute atomic E-state index is 12.6. The van der Waals surface area contributed by atoms with Gasteiger partial charge in [0, 0.05) is 26.0 Å². The van der Waals surface area contributed by atoms with Crippen LogP contribution in [0.3, 0.4) is 0 Å². The summed E-state index contributed by atoms with van der Waals surface area (Å²) in [6, 6.07) is 7.78. The molecular weight excluding hydrogens is 318 g/mol. The summed E-state index contributed by atoms with van der Waals surface area (Å²) in [6.45, 7) is 2.79. The van der Waals surface area contributed by atoms with Gasteiger partial charge in [0.1, 0.15) is 24.3 Å². The van der Waals surface area contributed by atoms with Crippen LogP contribution in [-0.4, -0.2) is 37.7 Å². The Morgan fingerprint density at radius 2 is 2.24 bits per heavy atom. The summed E-state index contributed by atoms with van der Waals surface area (Å²) in [7, 11) is 1.93. The molecule has 7 nitrogen and oxygen atoms in total. The van der Waals surface area contributed by atoms with Gasteiger partial charge >= 0.3 is 0 Å². The number of imidazole rings is 2. The van der Waals surface area contributed by atoms with Gasteiger partial charge in [-0.3, -0.25) is 4.79 Å². The van der Waals surface area contributed by atoms with Crippen LogP contribution >= 0.6 is 0 Å². The third-order valence-electron chi connectivity index (χ3n) is 4.70. The molecule has 1 fully saturated rings. The van der Waals surface area contributed by atoms with Crippen molar-refractivity contribution in [1.29, 1.82) is 0 Å². The van der Waals surface area contributed by atoms with Crippen LogP contribution in [0, 0.1) is 6.92 Å². The topological polar surface area (TPSA) is 74.0 Å². The van der Waals surface area contributed by atoms with Crippen molar-refractivity contribution < 1.29 is 9.53 Å². The van der Waals surface area contributed by atoms with Gasteiger partial charge in [0.05, 0.1) is 17.1 Å². The van der Waals surface area contributed by atoms with Crippen LogP contribution in [0.2, 0.25) is 0 Å². The van der Waals surface area contributed by atoms with Gasteiger partial charge in [-0.25, -0.2) is 9.97 Å². The van der Waals surface area contributed by atoms with Gasteiger partial charge in [-0.1, -0.05) is 12.1 Å². The average molecular weight is 339 g/mol. The van der Waals surface area contributed by atoms with Crippen molar-refractivity contribution in [2.24, 2.45) is 7.05 Å². The highest BCUT2D eigenvalue weighted by Gasteiger charge is 2.33. The molecule has 0 spiro atoms. The van der Waals surface area contributed by atoms with E-state index in [4.69, 9.17) is 4.74 Å². The molecule has 3 aromatic rings. The summed E-state index contributed by atoms with van der Waals surface area (Å²) < 4.78 is 9.68. The highest BCUT2D eigenvalue weighted by atomic mass is 16.5. The largest absolute Gasteiger partial charge is 0.368 e. The van der Waals surface area contributed by atoms with Gasteiger partial charge < -0.3 is 19.2 Å². The summed E-state index contributed by atoms with van der Waals surface area (Å²) in [6.07, 6.45) is 4.21. The number of carbonyl (C=O) groups is 1. The highest BCUT2D eigenvalue weighted by Crippen LogP contribution is 2.27. The van der Waals surface area contributed by atoms with E-state index in [-0.39, 0.29) is 24.6 Å². The SMILES string of the molecule is Cc1nc2ccccc2n1CC(=O)N[C@H]1CCO[C@@H]1c1nccn1C. The fraction of sp³-hybridized carbons (Fsp3) is 0.389. The lowest BCUT2D eigenvalue weighted by atomic mass is 10.1. The van der Waals surface area contributed by atoms with Crippen molar-refractivity contribution in [1.82, 2.24) is 24.4 Å². The van der Waals surface area contributed by atoms with Gasteiger partial charge in [0.2, 0.25) is 5.91 Å². The third-order valence-corrected chi connectivity index (χ3v) is 4.70. The Kier molecular flexibility index (Phi) is 4.01. The zero-order chi connectivity index (χ0) is 17.4. The molecular formula is C18H21N5O2. The van der Waals surface area contributed by atoms with Crippen LogP contribution < -0.4 is 5.32 Å². The van der Waals surface area contributed by atoms with E-state index >= 15 is 0 Å². The Morgan fingerprint density at radius 3 is 3.04 bits per heavy atom. The number of fused-ring (bicyclic) bond motifs is 1. The summed E-state index contributed by atoms with van der Waals surface area (Å²) in [5, 5.41) is 3.11. The van der Waals surface area contributed by atoms with Crippen LogP contribution in [0.25, 0.3) is 11.0 Å². The van der Waals surface area contributed by atoms with E-state index in [0.29, 0.717) is 6.61 Å². The number of para-hydroxylation sites is 2. The molecule has 1 aliphatic rings. The van der Waals surface area contributed by atoms with E-state index in [2.05, 4.69) is 15.3 Å². The molecule has 7 heteroatoms. The molecule has 130 valence electrons. The fourth-order valence-corrected chi connectivity index (χ4v) is 3.43. The lowest BCUT2D eigenvalue weighted by molar-refractivity contribution is -0.122. The molecule has 1 saturated heterocycles. The molecule has 25 heavy (non-hydrogen) atoms. The van der Waals surface area contributed by atoms with Crippen molar-refractivity contribution >= 4 is 16.9 Å². The first-order valence-corrected chi connectivity index (χ1v) is 8.43. The minimum Gasteiger partial charge on any atom is -0.368 e. The zero-order valence-corrected chi connectivity index (χ0v) is 14.3. The van der Waals surface area contributed by atoms with E-state index in [1.54, 1.807) is 6.20 Å². The second-order valence-corrected chi connectivity index (χ2v) is 6.38. The Bertz CT molecular complexity index is 913. The monoisotopic (exact) mass is 339 g/mol. The first kappa shape index (κ1) is 15.8. The number of rotatable bonds is 4. The smallest absolute Gasteiger partial charge is 0.240 e. The molecule has 1 aliphatic heterocycles. The molecule has 0 radical (unpaired) electrons. The summed E-state index contributed by atoms with van der Waals surface area (Å²) in [4.78, 5) is 21.5. The summed E-state index contributed by atoms with van der Waals surface area (Å²) >= 11 is 0. The Morgan fingerprint density at radius 1 is 1.40 bits per heavy atom. The van der Waals surface area contributed by atoms with Crippen LogP contribution in [0.5, 0.6) is 0 Å². The predicted molar refractivity (Wildman–Crippen MR) is 92.9 cm³/mol. The van der Waals surface area contributed by atoms with E-state index in [9.17, 15) is 4.79 Å². The molecule has 2 aromatic heterocycles. The molecule has 4 rings (SSSR count). The standard InChI is InChI=1S/C18H21N5O2/c1-12-20-13-5-3-4-6-15(13)23(12)11-16(24)21-14-7-10-25-17(14)18-19-8-9-22(18)2/h3-6,8-9,14,17H,7,10-11H2,1-2H3,(H,21,24)/t14-,17-/m0/s1. The maximum Gasteiger partial charge on any atom is 0.240 e. The normalized spacial score (nSPS) is 20.2. The second-order valence-electron chi connectivity index (χ2n) is 6.38. The average Bonchev–Trinajstić information content (AvgIpc) is 3.28. The van der Waals surface area contributed by atoms with E-state index in [1.165, 1.54) is 0 Å². The number of aryl methyl sites for hydroxylation is 2. The number of carbonyl (C=O) groups excluding carboxylic acids is 1. The second kappa shape index (κ2) is 6.33. The summed E-state index contributed by atoms with van der Waals surface area (Å²) in [5.41, 5.74) is 1.88. The van der Waals surface area contributed by atoms with E-state index in [0.717, 1.165) is 29.1 Å². The quantitative estimate of drug-likeness (QED) is 0.785. The van der Waals surface area contributed by atoms with Gasteiger partial charge in [-0.05, 0) is 25.5 Å². The van der Waals surface area contributed by atoms with Crippen molar-refractivity contribution in [3.05, 3.63) is 48.3 Å². The fourth-order valence-electron chi connectivity index (χ4n) is 3.43. The Labute approximate surface area is 145 Å². The molecule has 1 amide bonds. The number of benzene rings is 1. The maximum atomic E-state index is 12.6. The minimum atomic E-state index is -0.204. The van der Waals surface area contributed by atoms with E-state index < -0.39 is 0 Å². The van der Waals surface area contributed by atoms with Crippen molar-refractivity contribution in [3.63, 3.8) is 0 Å². The molecule has 0 unspecified atom stereocenters. The molecule has 0 aliphatic carbocycles. The molecule has 0 saturated carbocycles. The third kappa shape index (κ3) is 2.91. The Balaban J connectivity index is 1.50. The molecule has 3 heterocycles. The van der Waals surface area contributed by atoms with Crippen molar-refractivity contribution in [2.45, 2.75) is 32.0 Å². The summed E-state index contributed by atoms with van der Waals surface area (Å²) in [5.74, 6) is 1.63. The van der Waals surface area contributed by atoms with Crippen LogP contribution in [-0.2, 0) is 23.1 Å². The number of hydrogen-bond donors (Lipinski definition) is 1. The number of nitrogens with one attached hydrogen (secondary N) is 1. The number of hydrogen-bond acceptors (Lipinski definition) is 4. The van der Waals surface area contributed by atoms with Crippen LogP contribution in [0.1, 0.15) is 24.2 Å². The minimum absolute atomic E-state index is 0.0408. The Hall–Kier alpha value is -2.67.